The molecule has 0 aliphatic carbocycles. The van der Waals surface area contributed by atoms with Crippen LogP contribution in [0.25, 0.3) is 0 Å². The Hall–Kier alpha value is -1.37. The molecule has 1 heterocycles. The van der Waals surface area contributed by atoms with E-state index in [9.17, 15) is 13.2 Å². The summed E-state index contributed by atoms with van der Waals surface area (Å²) in [4.78, 5) is 14.1. The highest BCUT2D eigenvalue weighted by atomic mass is 32.2. The molecule has 7 heteroatoms. The van der Waals surface area contributed by atoms with Crippen molar-refractivity contribution < 1.29 is 13.2 Å². The summed E-state index contributed by atoms with van der Waals surface area (Å²) in [6.07, 6.45) is 3.34. The summed E-state index contributed by atoms with van der Waals surface area (Å²) in [6.45, 7) is 7.48. The Morgan fingerprint density at radius 2 is 2.00 bits per heavy atom. The highest BCUT2D eigenvalue weighted by molar-refractivity contribution is 7.91. The molecule has 0 unspecified atom stereocenters. The van der Waals surface area contributed by atoms with E-state index in [1.165, 1.54) is 0 Å². The van der Waals surface area contributed by atoms with Gasteiger partial charge in [-0.3, -0.25) is 9.48 Å². The molecule has 0 spiro atoms. The van der Waals surface area contributed by atoms with Crippen molar-refractivity contribution >= 4 is 15.7 Å². The minimum atomic E-state index is -3.10. The van der Waals surface area contributed by atoms with Crippen LogP contribution < -0.4 is 0 Å². The van der Waals surface area contributed by atoms with Gasteiger partial charge in [-0.2, -0.15) is 5.10 Å². The number of likely N-dealkylation sites (N-methyl/N-ethyl adjacent to an activating group) is 1. The summed E-state index contributed by atoms with van der Waals surface area (Å²) < 4.78 is 25.0. The van der Waals surface area contributed by atoms with Gasteiger partial charge in [0.1, 0.15) is 6.04 Å². The van der Waals surface area contributed by atoms with Crippen LogP contribution in [0, 0.1) is 0 Å². The lowest BCUT2D eigenvalue weighted by Crippen LogP contribution is -2.45. The summed E-state index contributed by atoms with van der Waals surface area (Å²) in [5.41, 5.74) is 0. The molecule has 2 atom stereocenters. The number of nitrogens with zero attached hydrogens (tertiary/aromatic N) is 3. The molecular weight excluding hydrogens is 278 g/mol. The lowest BCUT2D eigenvalue weighted by Gasteiger charge is -2.30. The maximum absolute atomic E-state index is 12.5. The molecule has 0 bridgehead atoms. The smallest absolute Gasteiger partial charge is 0.247 e. The normalized spacial score (nSPS) is 14.8. The van der Waals surface area contributed by atoms with Crippen LogP contribution in [0.2, 0.25) is 0 Å². The Balaban J connectivity index is 2.82. The molecule has 0 N–H and O–H groups in total. The van der Waals surface area contributed by atoms with Gasteiger partial charge in [0.05, 0.1) is 5.75 Å². The lowest BCUT2D eigenvalue weighted by molar-refractivity contribution is -0.136. The summed E-state index contributed by atoms with van der Waals surface area (Å²) in [5, 5.41) is 4.05. The fourth-order valence-electron chi connectivity index (χ4n) is 2.12. The molecule has 114 valence electrons. The van der Waals surface area contributed by atoms with Crippen molar-refractivity contribution in [3.05, 3.63) is 18.5 Å². The van der Waals surface area contributed by atoms with Crippen LogP contribution in [0.15, 0.2) is 18.5 Å². The largest absolute Gasteiger partial charge is 0.337 e. The number of rotatable bonds is 7. The maximum Gasteiger partial charge on any atom is 0.247 e. The lowest BCUT2D eigenvalue weighted by atomic mass is 10.2. The van der Waals surface area contributed by atoms with Gasteiger partial charge in [-0.15, -0.1) is 0 Å². The molecule has 1 rings (SSSR count). The van der Waals surface area contributed by atoms with Crippen molar-refractivity contribution in [2.75, 3.05) is 18.1 Å². The second-order valence-corrected chi connectivity index (χ2v) is 7.23. The van der Waals surface area contributed by atoms with Crippen LogP contribution in [0.4, 0.5) is 0 Å². The number of carbonyl (C=O) groups is 1. The van der Waals surface area contributed by atoms with Crippen LogP contribution in [-0.4, -0.2) is 53.1 Å². The van der Waals surface area contributed by atoms with Gasteiger partial charge in [0.25, 0.3) is 0 Å². The molecule has 0 saturated carbocycles. The Kier molecular flexibility index (Phi) is 5.74. The first kappa shape index (κ1) is 16.7. The molecule has 0 saturated heterocycles. The van der Waals surface area contributed by atoms with Crippen LogP contribution >= 0.6 is 0 Å². The van der Waals surface area contributed by atoms with E-state index in [-0.39, 0.29) is 23.5 Å². The monoisotopic (exact) mass is 301 g/mol. The number of carbonyl (C=O) groups excluding carboxylic acids is 1. The summed E-state index contributed by atoms with van der Waals surface area (Å²) in [6, 6.07) is 0.984. The average molecular weight is 301 g/mol. The van der Waals surface area contributed by atoms with Crippen LogP contribution in [0.5, 0.6) is 0 Å². The van der Waals surface area contributed by atoms with Crippen molar-refractivity contribution in [3.8, 4) is 0 Å². The Bertz CT molecular complexity index is 525. The third kappa shape index (κ3) is 4.06. The molecule has 1 aromatic rings. The maximum atomic E-state index is 12.5. The molecule has 0 aromatic carbocycles. The molecule has 0 radical (unpaired) electrons. The van der Waals surface area contributed by atoms with Crippen molar-refractivity contribution in [1.29, 1.82) is 0 Å². The number of hydrogen-bond donors (Lipinski definition) is 0. The standard InChI is InChI=1S/C13H23N3O3S/c1-5-15(11(3)10-20(18,19)6-2)13(17)12(4)16-9-7-8-14-16/h7-9,11-12H,5-6,10H2,1-4H3/t11-,12-/m0/s1. The predicted octanol–water partition coefficient (Wildman–Crippen LogP) is 1.12. The van der Waals surface area contributed by atoms with Crippen LogP contribution in [0.1, 0.15) is 33.7 Å². The van der Waals surface area contributed by atoms with Gasteiger partial charge in [-0.1, -0.05) is 6.92 Å². The van der Waals surface area contributed by atoms with Crippen LogP contribution in [0.3, 0.4) is 0 Å². The summed E-state index contributed by atoms with van der Waals surface area (Å²) in [5.74, 6) is -0.0258. The van der Waals surface area contributed by atoms with E-state index in [1.54, 1.807) is 48.8 Å². The first-order chi connectivity index (χ1) is 9.32. The van der Waals surface area contributed by atoms with E-state index in [2.05, 4.69) is 5.10 Å². The van der Waals surface area contributed by atoms with Gasteiger partial charge in [0, 0.05) is 30.7 Å². The Morgan fingerprint density at radius 3 is 2.45 bits per heavy atom. The quantitative estimate of drug-likeness (QED) is 0.756. The molecule has 0 aliphatic rings. The summed E-state index contributed by atoms with van der Waals surface area (Å²) in [7, 11) is -3.10. The molecule has 1 aromatic heterocycles. The molecule has 0 fully saturated rings. The van der Waals surface area contributed by atoms with Crippen molar-refractivity contribution in [3.63, 3.8) is 0 Å². The number of aromatic nitrogens is 2. The van der Waals surface area contributed by atoms with E-state index in [1.807, 2.05) is 6.92 Å². The number of amides is 1. The SMILES string of the molecule is CCN(C(=O)[C@H](C)n1cccn1)[C@@H](C)CS(=O)(=O)CC. The zero-order valence-electron chi connectivity index (χ0n) is 12.5. The minimum absolute atomic E-state index is 0.00505. The van der Waals surface area contributed by atoms with Crippen molar-refractivity contribution in [2.24, 2.45) is 0 Å². The van der Waals surface area contributed by atoms with Gasteiger partial charge in [-0.05, 0) is 26.8 Å². The van der Waals surface area contributed by atoms with Gasteiger partial charge in [0.15, 0.2) is 9.84 Å². The van der Waals surface area contributed by atoms with E-state index in [4.69, 9.17) is 0 Å². The second kappa shape index (κ2) is 6.88. The molecule has 1 amide bonds. The Labute approximate surface area is 120 Å². The fourth-order valence-corrected chi connectivity index (χ4v) is 3.27. The third-order valence-corrected chi connectivity index (χ3v) is 5.24. The zero-order chi connectivity index (χ0) is 15.3. The van der Waals surface area contributed by atoms with E-state index in [0.29, 0.717) is 6.54 Å². The Morgan fingerprint density at radius 1 is 1.35 bits per heavy atom. The summed E-state index contributed by atoms with van der Waals surface area (Å²) >= 11 is 0. The van der Waals surface area contributed by atoms with Crippen molar-refractivity contribution in [2.45, 2.75) is 39.8 Å². The molecular formula is C13H23N3O3S. The molecule has 6 nitrogen and oxygen atoms in total. The average Bonchev–Trinajstić information content (AvgIpc) is 2.91. The van der Waals surface area contributed by atoms with E-state index in [0.717, 1.165) is 0 Å². The second-order valence-electron chi connectivity index (χ2n) is 4.83. The third-order valence-electron chi connectivity index (χ3n) is 3.37. The first-order valence-corrected chi connectivity index (χ1v) is 8.64. The van der Waals surface area contributed by atoms with Crippen molar-refractivity contribution in [1.82, 2.24) is 14.7 Å². The van der Waals surface area contributed by atoms with Gasteiger partial charge in [0.2, 0.25) is 5.91 Å². The molecule has 20 heavy (non-hydrogen) atoms. The minimum Gasteiger partial charge on any atom is -0.337 e. The highest BCUT2D eigenvalue weighted by Crippen LogP contribution is 2.13. The van der Waals surface area contributed by atoms with Gasteiger partial charge >= 0.3 is 0 Å². The molecule has 0 aliphatic heterocycles. The fraction of sp³-hybridized carbons (Fsp3) is 0.692. The number of hydrogen-bond acceptors (Lipinski definition) is 4. The van der Waals surface area contributed by atoms with E-state index >= 15 is 0 Å². The van der Waals surface area contributed by atoms with Crippen LogP contribution in [-0.2, 0) is 14.6 Å². The first-order valence-electron chi connectivity index (χ1n) is 6.82. The highest BCUT2D eigenvalue weighted by Gasteiger charge is 2.27. The van der Waals surface area contributed by atoms with Gasteiger partial charge in [-0.25, -0.2) is 8.42 Å². The van der Waals surface area contributed by atoms with E-state index < -0.39 is 15.9 Å². The zero-order valence-corrected chi connectivity index (χ0v) is 13.3. The topological polar surface area (TPSA) is 72.3 Å². The number of sulfone groups is 1. The predicted molar refractivity (Wildman–Crippen MR) is 78.1 cm³/mol. The van der Waals surface area contributed by atoms with Gasteiger partial charge < -0.3 is 4.90 Å².